The summed E-state index contributed by atoms with van der Waals surface area (Å²) in [5, 5.41) is 6.06. The van der Waals surface area contributed by atoms with Gasteiger partial charge in [0, 0.05) is 6.54 Å². The second-order valence-electron chi connectivity index (χ2n) is 5.84. The number of amides is 2. The molecule has 2 aromatic rings. The predicted octanol–water partition coefficient (Wildman–Crippen LogP) is 2.36. The first-order valence-electron chi connectivity index (χ1n) is 8.21. The summed E-state index contributed by atoms with van der Waals surface area (Å²) in [4.78, 5) is 38.7. The molecule has 1 aromatic heterocycles. The summed E-state index contributed by atoms with van der Waals surface area (Å²) in [6.07, 6.45) is -3.27. The number of rotatable bonds is 4. The van der Waals surface area contributed by atoms with Gasteiger partial charge >= 0.3 is 6.18 Å². The monoisotopic (exact) mass is 412 g/mol. The summed E-state index contributed by atoms with van der Waals surface area (Å²) in [6, 6.07) is 4.54. The Kier molecular flexibility index (Phi) is 5.45. The molecule has 2 amide bonds. The zero-order valence-electron chi connectivity index (χ0n) is 14.6. The lowest BCUT2D eigenvalue weighted by atomic mass is 10.1. The van der Waals surface area contributed by atoms with Crippen LogP contribution in [0.3, 0.4) is 0 Å². The Morgan fingerprint density at radius 3 is 2.68 bits per heavy atom. The fraction of sp³-hybridized carbons (Fsp3) is 0.294. The molecule has 3 rings (SSSR count). The Bertz CT molecular complexity index is 990. The number of nitrogens with one attached hydrogen (secondary N) is 1. The van der Waals surface area contributed by atoms with Crippen LogP contribution in [-0.2, 0) is 22.3 Å². The molecule has 2 heterocycles. The van der Waals surface area contributed by atoms with Crippen molar-refractivity contribution < 1.29 is 22.8 Å². The third-order valence-corrected chi connectivity index (χ3v) is 5.02. The van der Waals surface area contributed by atoms with Gasteiger partial charge in [-0.2, -0.15) is 18.3 Å². The van der Waals surface area contributed by atoms with Gasteiger partial charge in [0.2, 0.25) is 11.8 Å². The Hall–Kier alpha value is -2.82. The molecular formula is C17H15F3N4O3S. The number of hydrogen-bond acceptors (Lipinski definition) is 5. The largest absolute Gasteiger partial charge is 0.418 e. The molecule has 0 fully saturated rings. The molecular weight excluding hydrogens is 397 g/mol. The van der Waals surface area contributed by atoms with Crippen molar-refractivity contribution in [3.8, 4) is 0 Å². The normalized spacial score (nSPS) is 14.0. The van der Waals surface area contributed by atoms with E-state index < -0.39 is 35.4 Å². The van der Waals surface area contributed by atoms with E-state index in [-0.39, 0.29) is 23.9 Å². The second-order valence-corrected chi connectivity index (χ2v) is 6.86. The van der Waals surface area contributed by atoms with Crippen molar-refractivity contribution in [2.45, 2.75) is 24.5 Å². The quantitative estimate of drug-likeness (QED) is 0.834. The van der Waals surface area contributed by atoms with E-state index in [1.807, 2.05) is 0 Å². The number of benzene rings is 1. The highest BCUT2D eigenvalue weighted by Gasteiger charge is 2.33. The van der Waals surface area contributed by atoms with Gasteiger partial charge in [-0.15, -0.1) is 11.8 Å². The van der Waals surface area contributed by atoms with Gasteiger partial charge in [0.05, 0.1) is 28.1 Å². The number of anilines is 2. The van der Waals surface area contributed by atoms with Crippen LogP contribution in [0.5, 0.6) is 0 Å². The molecule has 0 radical (unpaired) electrons. The average molecular weight is 412 g/mol. The molecule has 0 spiro atoms. The number of para-hydroxylation sites is 1. The van der Waals surface area contributed by atoms with E-state index in [1.165, 1.54) is 35.0 Å². The van der Waals surface area contributed by atoms with Crippen molar-refractivity contribution in [2.24, 2.45) is 0 Å². The lowest BCUT2D eigenvalue weighted by Gasteiger charge is -2.27. The van der Waals surface area contributed by atoms with Crippen LogP contribution in [0.4, 0.5) is 24.5 Å². The van der Waals surface area contributed by atoms with E-state index in [0.29, 0.717) is 4.90 Å². The number of carbonyl (C=O) groups is 2. The Morgan fingerprint density at radius 2 is 2.00 bits per heavy atom. The van der Waals surface area contributed by atoms with Crippen LogP contribution >= 0.6 is 11.8 Å². The van der Waals surface area contributed by atoms with Gasteiger partial charge in [-0.05, 0) is 19.1 Å². The first kappa shape index (κ1) is 19.9. The molecule has 0 aliphatic carbocycles. The van der Waals surface area contributed by atoms with E-state index in [0.717, 1.165) is 16.8 Å². The highest BCUT2D eigenvalue weighted by atomic mass is 32.2. The number of nitrogens with zero attached hydrogens (tertiary/aromatic N) is 3. The van der Waals surface area contributed by atoms with Crippen LogP contribution in [0.2, 0.25) is 0 Å². The summed E-state index contributed by atoms with van der Waals surface area (Å²) in [6.45, 7) is 1.40. The molecule has 148 valence electrons. The fourth-order valence-corrected chi connectivity index (χ4v) is 3.66. The number of thioether (sulfide) groups is 1. The van der Waals surface area contributed by atoms with E-state index in [2.05, 4.69) is 10.4 Å². The smallest absolute Gasteiger partial charge is 0.324 e. The van der Waals surface area contributed by atoms with E-state index in [1.54, 1.807) is 6.92 Å². The molecule has 0 unspecified atom stereocenters. The molecule has 1 N–H and O–H groups in total. The minimum atomic E-state index is -4.63. The van der Waals surface area contributed by atoms with Gasteiger partial charge in [0.1, 0.15) is 12.2 Å². The van der Waals surface area contributed by atoms with Crippen LogP contribution in [0, 0.1) is 0 Å². The maximum absolute atomic E-state index is 13.0. The molecule has 1 aromatic carbocycles. The summed E-state index contributed by atoms with van der Waals surface area (Å²) in [7, 11) is 0. The topological polar surface area (TPSA) is 84.3 Å². The maximum Gasteiger partial charge on any atom is 0.418 e. The van der Waals surface area contributed by atoms with E-state index in [9.17, 15) is 27.6 Å². The first-order valence-corrected chi connectivity index (χ1v) is 9.20. The first-order chi connectivity index (χ1) is 13.2. The van der Waals surface area contributed by atoms with Crippen molar-refractivity contribution in [3.05, 3.63) is 46.4 Å². The fourth-order valence-electron chi connectivity index (χ4n) is 2.77. The van der Waals surface area contributed by atoms with Gasteiger partial charge in [0.15, 0.2) is 0 Å². The van der Waals surface area contributed by atoms with Crippen molar-refractivity contribution in [3.63, 3.8) is 0 Å². The number of alkyl halides is 3. The number of fused-ring (bicyclic) bond motifs is 1. The summed E-state index contributed by atoms with van der Waals surface area (Å²) in [5.74, 6) is -0.900. The molecule has 0 saturated carbocycles. The van der Waals surface area contributed by atoms with Gasteiger partial charge in [-0.1, -0.05) is 12.1 Å². The zero-order valence-corrected chi connectivity index (χ0v) is 15.4. The third kappa shape index (κ3) is 3.88. The van der Waals surface area contributed by atoms with E-state index in [4.69, 9.17) is 0 Å². The van der Waals surface area contributed by atoms with Gasteiger partial charge in [0.25, 0.3) is 5.56 Å². The van der Waals surface area contributed by atoms with Crippen molar-refractivity contribution in [2.75, 3.05) is 22.5 Å². The molecule has 1 aliphatic heterocycles. The van der Waals surface area contributed by atoms with E-state index >= 15 is 0 Å². The molecule has 0 saturated heterocycles. The van der Waals surface area contributed by atoms with Crippen LogP contribution in [0.25, 0.3) is 0 Å². The van der Waals surface area contributed by atoms with Crippen molar-refractivity contribution in [1.82, 2.24) is 9.78 Å². The molecule has 0 atom stereocenters. The summed E-state index contributed by atoms with van der Waals surface area (Å²) in [5.41, 5.74) is -1.93. The zero-order chi connectivity index (χ0) is 20.5. The predicted molar refractivity (Wildman–Crippen MR) is 97.3 cm³/mol. The lowest BCUT2D eigenvalue weighted by molar-refractivity contribution is -0.137. The van der Waals surface area contributed by atoms with Crippen LogP contribution < -0.4 is 15.8 Å². The molecule has 28 heavy (non-hydrogen) atoms. The highest BCUT2D eigenvalue weighted by molar-refractivity contribution is 8.00. The number of aromatic nitrogens is 2. The van der Waals surface area contributed by atoms with Crippen molar-refractivity contribution in [1.29, 1.82) is 0 Å². The number of halogens is 3. The van der Waals surface area contributed by atoms with Crippen LogP contribution in [0.1, 0.15) is 12.5 Å². The standard InChI is InChI=1S/C17H15F3N4O3S/c1-2-23-14(26)9-28-12-7-21-24(16(27)15(12)23)8-13(25)22-11-6-4-3-5-10(11)17(18,19)20/h3-7H,2,8-9H2,1H3,(H,22,25). The minimum Gasteiger partial charge on any atom is -0.324 e. The Labute approximate surface area is 161 Å². The Balaban J connectivity index is 1.86. The number of hydrogen-bond donors (Lipinski definition) is 1. The highest BCUT2D eigenvalue weighted by Crippen LogP contribution is 2.34. The summed E-state index contributed by atoms with van der Waals surface area (Å²) < 4.78 is 39.9. The second kappa shape index (κ2) is 7.66. The third-order valence-electron chi connectivity index (χ3n) is 4.02. The molecule has 11 heteroatoms. The molecule has 0 bridgehead atoms. The van der Waals surface area contributed by atoms with Crippen molar-refractivity contribution >= 4 is 35.0 Å². The van der Waals surface area contributed by atoms with Gasteiger partial charge in [-0.3, -0.25) is 14.4 Å². The van der Waals surface area contributed by atoms with Gasteiger partial charge in [-0.25, -0.2) is 4.68 Å². The maximum atomic E-state index is 13.0. The minimum absolute atomic E-state index is 0.127. The lowest BCUT2D eigenvalue weighted by Crippen LogP contribution is -2.42. The Morgan fingerprint density at radius 1 is 1.29 bits per heavy atom. The molecule has 7 nitrogen and oxygen atoms in total. The number of carbonyl (C=O) groups excluding carboxylic acids is 2. The van der Waals surface area contributed by atoms with Crippen LogP contribution in [0.15, 0.2) is 40.2 Å². The average Bonchev–Trinajstić information content (AvgIpc) is 2.64. The molecule has 1 aliphatic rings. The summed E-state index contributed by atoms with van der Waals surface area (Å²) >= 11 is 1.17. The SMILES string of the molecule is CCN1C(=O)CSc2cnn(CC(=O)Nc3ccccc3C(F)(F)F)c(=O)c21. The van der Waals surface area contributed by atoms with Crippen LogP contribution in [-0.4, -0.2) is 33.9 Å². The van der Waals surface area contributed by atoms with Gasteiger partial charge < -0.3 is 10.2 Å².